The molecule has 21 heavy (non-hydrogen) atoms. The first kappa shape index (κ1) is 14.4. The Morgan fingerprint density at radius 3 is 3.05 bits per heavy atom. The van der Waals surface area contributed by atoms with Crippen LogP contribution >= 0.6 is 11.8 Å². The highest BCUT2D eigenvalue weighted by Crippen LogP contribution is 2.32. The second kappa shape index (κ2) is 6.10. The van der Waals surface area contributed by atoms with Gasteiger partial charge in [-0.05, 0) is 44.4 Å². The van der Waals surface area contributed by atoms with E-state index < -0.39 is 0 Å². The van der Waals surface area contributed by atoms with Crippen LogP contribution in [0.15, 0.2) is 23.1 Å². The van der Waals surface area contributed by atoms with Crippen molar-refractivity contribution in [3.8, 4) is 0 Å². The average molecular weight is 304 g/mol. The van der Waals surface area contributed by atoms with Crippen molar-refractivity contribution < 1.29 is 9.59 Å². The third kappa shape index (κ3) is 3.07. The molecule has 0 spiro atoms. The summed E-state index contributed by atoms with van der Waals surface area (Å²) in [5, 5.41) is 2.90. The van der Waals surface area contributed by atoms with Crippen LogP contribution in [-0.4, -0.2) is 35.1 Å². The molecule has 1 aromatic carbocycles. The number of benzene rings is 1. The van der Waals surface area contributed by atoms with Gasteiger partial charge < -0.3 is 10.2 Å². The molecule has 3 rings (SSSR count). The van der Waals surface area contributed by atoms with E-state index in [0.29, 0.717) is 18.0 Å². The minimum absolute atomic E-state index is 0.0252. The van der Waals surface area contributed by atoms with Gasteiger partial charge in [0.2, 0.25) is 5.91 Å². The first-order valence-corrected chi connectivity index (χ1v) is 8.51. The summed E-state index contributed by atoms with van der Waals surface area (Å²) < 4.78 is 0. The smallest absolute Gasteiger partial charge is 0.254 e. The molecule has 2 amide bonds. The number of nitrogens with zero attached hydrogens (tertiary/aromatic N) is 1. The van der Waals surface area contributed by atoms with Gasteiger partial charge in [0.05, 0.1) is 5.69 Å². The van der Waals surface area contributed by atoms with Crippen molar-refractivity contribution in [2.75, 3.05) is 17.6 Å². The number of hydrogen-bond acceptors (Lipinski definition) is 3. The van der Waals surface area contributed by atoms with Crippen LogP contribution in [0.3, 0.4) is 0 Å². The van der Waals surface area contributed by atoms with Gasteiger partial charge in [-0.2, -0.15) is 0 Å². The van der Waals surface area contributed by atoms with Crippen LogP contribution in [0, 0.1) is 0 Å². The van der Waals surface area contributed by atoms with Gasteiger partial charge >= 0.3 is 0 Å². The quantitative estimate of drug-likeness (QED) is 0.867. The number of likely N-dealkylation sites (tertiary alicyclic amines) is 1. The van der Waals surface area contributed by atoms with Crippen LogP contribution in [0.2, 0.25) is 0 Å². The number of thioether (sulfide) groups is 1. The maximum absolute atomic E-state index is 12.7. The van der Waals surface area contributed by atoms with Crippen molar-refractivity contribution in [2.24, 2.45) is 0 Å². The van der Waals surface area contributed by atoms with Gasteiger partial charge in [0.25, 0.3) is 5.91 Å². The molecule has 1 fully saturated rings. The molecule has 2 aliphatic rings. The molecule has 5 heteroatoms. The minimum Gasteiger partial charge on any atom is -0.336 e. The van der Waals surface area contributed by atoms with Gasteiger partial charge in [-0.3, -0.25) is 9.59 Å². The zero-order valence-corrected chi connectivity index (χ0v) is 13.0. The number of amides is 2. The molecule has 1 aromatic rings. The third-order valence-corrected chi connectivity index (χ3v) is 5.23. The number of fused-ring (bicyclic) bond motifs is 1. The topological polar surface area (TPSA) is 49.4 Å². The SMILES string of the molecule is C[C@H]1CCCCN1C(=O)c1ccc2c(c1)NC(=O)CCS2. The number of piperidine rings is 1. The van der Waals surface area contributed by atoms with Crippen molar-refractivity contribution in [1.82, 2.24) is 4.90 Å². The fraction of sp³-hybridized carbons (Fsp3) is 0.500. The molecule has 0 unspecified atom stereocenters. The average Bonchev–Trinajstić information content (AvgIpc) is 2.66. The Morgan fingerprint density at radius 2 is 2.24 bits per heavy atom. The van der Waals surface area contributed by atoms with Crippen LogP contribution in [0.4, 0.5) is 5.69 Å². The van der Waals surface area contributed by atoms with Crippen molar-refractivity contribution in [2.45, 2.75) is 43.5 Å². The van der Waals surface area contributed by atoms with E-state index >= 15 is 0 Å². The fourth-order valence-corrected chi connectivity index (χ4v) is 3.86. The molecule has 0 saturated carbocycles. The lowest BCUT2D eigenvalue weighted by molar-refractivity contribution is -0.115. The van der Waals surface area contributed by atoms with Gasteiger partial charge in [0, 0.05) is 35.2 Å². The van der Waals surface area contributed by atoms with Crippen molar-refractivity contribution >= 4 is 29.3 Å². The van der Waals surface area contributed by atoms with Gasteiger partial charge in [-0.15, -0.1) is 11.8 Å². The van der Waals surface area contributed by atoms with E-state index in [9.17, 15) is 9.59 Å². The monoisotopic (exact) mass is 304 g/mol. The molecular formula is C16H20N2O2S. The lowest BCUT2D eigenvalue weighted by atomic mass is 10.0. The summed E-state index contributed by atoms with van der Waals surface area (Å²) in [5.74, 6) is 0.889. The normalized spacial score (nSPS) is 22.2. The highest BCUT2D eigenvalue weighted by atomic mass is 32.2. The maximum atomic E-state index is 12.7. The second-order valence-corrected chi connectivity index (χ2v) is 6.84. The highest BCUT2D eigenvalue weighted by molar-refractivity contribution is 7.99. The van der Waals surface area contributed by atoms with E-state index in [1.54, 1.807) is 11.8 Å². The van der Waals surface area contributed by atoms with Gasteiger partial charge in [0.15, 0.2) is 0 Å². The van der Waals surface area contributed by atoms with Crippen LogP contribution in [0.1, 0.15) is 43.0 Å². The van der Waals surface area contributed by atoms with E-state index in [2.05, 4.69) is 12.2 Å². The molecular weight excluding hydrogens is 284 g/mol. The lowest BCUT2D eigenvalue weighted by Crippen LogP contribution is -2.42. The van der Waals surface area contributed by atoms with Crippen molar-refractivity contribution in [3.05, 3.63) is 23.8 Å². The van der Waals surface area contributed by atoms with E-state index in [1.807, 2.05) is 23.1 Å². The zero-order valence-electron chi connectivity index (χ0n) is 12.2. The first-order valence-electron chi connectivity index (χ1n) is 7.53. The summed E-state index contributed by atoms with van der Waals surface area (Å²) in [4.78, 5) is 27.3. The predicted molar refractivity (Wildman–Crippen MR) is 84.8 cm³/mol. The summed E-state index contributed by atoms with van der Waals surface area (Å²) in [6.45, 7) is 2.94. The van der Waals surface area contributed by atoms with Gasteiger partial charge in [-0.1, -0.05) is 0 Å². The molecule has 0 aliphatic carbocycles. The molecule has 2 heterocycles. The van der Waals surface area contributed by atoms with Crippen LogP contribution in [0.5, 0.6) is 0 Å². The number of carbonyl (C=O) groups excluding carboxylic acids is 2. The van der Waals surface area contributed by atoms with Crippen molar-refractivity contribution in [3.63, 3.8) is 0 Å². The standard InChI is InChI=1S/C16H20N2O2S/c1-11-4-2-3-8-18(11)16(20)12-5-6-14-13(10-12)17-15(19)7-9-21-14/h5-6,10-11H,2-4,7-9H2,1H3,(H,17,19)/t11-/m0/s1. The number of carbonyl (C=O) groups is 2. The van der Waals surface area contributed by atoms with Crippen molar-refractivity contribution in [1.29, 1.82) is 0 Å². The Bertz CT molecular complexity index is 573. The van der Waals surface area contributed by atoms with E-state index in [4.69, 9.17) is 0 Å². The lowest BCUT2D eigenvalue weighted by Gasteiger charge is -2.33. The summed E-state index contributed by atoms with van der Waals surface area (Å²) in [7, 11) is 0. The molecule has 1 saturated heterocycles. The van der Waals surface area contributed by atoms with E-state index in [1.165, 1.54) is 6.42 Å². The summed E-state index contributed by atoms with van der Waals surface area (Å²) in [6.07, 6.45) is 3.87. The highest BCUT2D eigenvalue weighted by Gasteiger charge is 2.25. The zero-order chi connectivity index (χ0) is 14.8. The third-order valence-electron chi connectivity index (χ3n) is 4.15. The Kier molecular flexibility index (Phi) is 4.19. The summed E-state index contributed by atoms with van der Waals surface area (Å²) in [5.41, 5.74) is 1.45. The Hall–Kier alpha value is -1.49. The van der Waals surface area contributed by atoms with Gasteiger partial charge in [-0.25, -0.2) is 0 Å². The van der Waals surface area contributed by atoms with E-state index in [-0.39, 0.29) is 11.8 Å². The molecule has 112 valence electrons. The van der Waals surface area contributed by atoms with E-state index in [0.717, 1.165) is 35.7 Å². The number of hydrogen-bond donors (Lipinski definition) is 1. The second-order valence-electron chi connectivity index (χ2n) is 5.70. The largest absolute Gasteiger partial charge is 0.336 e. The summed E-state index contributed by atoms with van der Waals surface area (Å²) >= 11 is 1.66. The number of anilines is 1. The fourth-order valence-electron chi connectivity index (χ4n) is 2.92. The summed E-state index contributed by atoms with van der Waals surface area (Å²) in [6, 6.07) is 5.96. The molecule has 0 aromatic heterocycles. The molecule has 1 atom stereocenters. The van der Waals surface area contributed by atoms with Crippen LogP contribution in [0.25, 0.3) is 0 Å². The maximum Gasteiger partial charge on any atom is 0.254 e. The van der Waals surface area contributed by atoms with Gasteiger partial charge in [0.1, 0.15) is 0 Å². The minimum atomic E-state index is 0.0252. The predicted octanol–water partition coefficient (Wildman–Crippen LogP) is 3.14. The Labute approximate surface area is 129 Å². The number of rotatable bonds is 1. The van der Waals surface area contributed by atoms with Crippen LogP contribution < -0.4 is 5.32 Å². The molecule has 1 N–H and O–H groups in total. The molecule has 2 aliphatic heterocycles. The van der Waals surface area contributed by atoms with Crippen LogP contribution in [-0.2, 0) is 4.79 Å². The number of nitrogens with one attached hydrogen (secondary N) is 1. The molecule has 4 nitrogen and oxygen atoms in total. The Balaban J connectivity index is 1.85. The molecule has 0 radical (unpaired) electrons. The molecule has 0 bridgehead atoms. The first-order chi connectivity index (χ1) is 10.1. The Morgan fingerprint density at radius 1 is 1.38 bits per heavy atom.